The number of halogens is 1. The number of rotatable bonds is 4. The first-order chi connectivity index (χ1) is 8.92. The second-order valence-corrected chi connectivity index (χ2v) is 4.69. The first-order valence-corrected chi connectivity index (χ1v) is 6.51. The molecule has 0 radical (unpaired) electrons. The van der Waals surface area contributed by atoms with Gasteiger partial charge in [0.1, 0.15) is 12.4 Å². The fraction of sp³-hybridized carbons (Fsp3) is 0.333. The van der Waals surface area contributed by atoms with E-state index < -0.39 is 0 Å². The standard InChI is InChI=1S/C15H18N2O.ClH/c1-2-11-17(10-1)14-5-7-15(8-6-14)18-12-13-4-3-9-16-13;/h1-2,5-8,10-11,13,16H,3-4,9,12H2;1H/t13-;/m1./s1. The number of aromatic nitrogens is 1. The van der Waals surface area contributed by atoms with E-state index in [4.69, 9.17) is 4.74 Å². The molecule has 0 aliphatic carbocycles. The van der Waals surface area contributed by atoms with E-state index in [1.54, 1.807) is 0 Å². The van der Waals surface area contributed by atoms with E-state index in [2.05, 4.69) is 22.0 Å². The van der Waals surface area contributed by atoms with Gasteiger partial charge in [0.25, 0.3) is 0 Å². The lowest BCUT2D eigenvalue weighted by Crippen LogP contribution is -2.28. The summed E-state index contributed by atoms with van der Waals surface area (Å²) < 4.78 is 7.88. The third-order valence-corrected chi connectivity index (χ3v) is 3.35. The van der Waals surface area contributed by atoms with Crippen LogP contribution in [0, 0.1) is 0 Å². The Morgan fingerprint density at radius 3 is 2.53 bits per heavy atom. The van der Waals surface area contributed by atoms with E-state index in [1.165, 1.54) is 12.8 Å². The normalized spacial score (nSPS) is 18.0. The van der Waals surface area contributed by atoms with Crippen molar-refractivity contribution < 1.29 is 4.74 Å². The summed E-state index contributed by atoms with van der Waals surface area (Å²) in [6.07, 6.45) is 6.57. The highest BCUT2D eigenvalue weighted by molar-refractivity contribution is 5.85. The minimum atomic E-state index is 0. The van der Waals surface area contributed by atoms with Crippen molar-refractivity contribution in [3.05, 3.63) is 48.8 Å². The zero-order valence-corrected chi connectivity index (χ0v) is 11.6. The number of ether oxygens (including phenoxy) is 1. The summed E-state index contributed by atoms with van der Waals surface area (Å²) in [6, 6.07) is 12.8. The van der Waals surface area contributed by atoms with Crippen molar-refractivity contribution in [1.82, 2.24) is 9.88 Å². The SMILES string of the molecule is Cl.c1ccn(-c2ccc(OC[C@H]3CCCN3)cc2)c1. The Bertz CT molecular complexity index is 475. The van der Waals surface area contributed by atoms with Crippen LogP contribution in [0.25, 0.3) is 5.69 Å². The summed E-state index contributed by atoms with van der Waals surface area (Å²) in [5.74, 6) is 0.944. The van der Waals surface area contributed by atoms with Crippen molar-refractivity contribution in [2.45, 2.75) is 18.9 Å². The second-order valence-electron chi connectivity index (χ2n) is 4.69. The highest BCUT2D eigenvalue weighted by Crippen LogP contribution is 2.16. The van der Waals surface area contributed by atoms with Gasteiger partial charge in [0.2, 0.25) is 0 Å². The molecule has 0 saturated carbocycles. The van der Waals surface area contributed by atoms with Gasteiger partial charge in [0, 0.05) is 24.1 Å². The van der Waals surface area contributed by atoms with Crippen LogP contribution < -0.4 is 10.1 Å². The highest BCUT2D eigenvalue weighted by Gasteiger charge is 2.14. The van der Waals surface area contributed by atoms with Gasteiger partial charge in [-0.05, 0) is 55.8 Å². The molecular formula is C15H19ClN2O. The zero-order valence-electron chi connectivity index (χ0n) is 10.8. The molecule has 3 nitrogen and oxygen atoms in total. The summed E-state index contributed by atoms with van der Waals surface area (Å²) in [5, 5.41) is 3.43. The van der Waals surface area contributed by atoms with Crippen molar-refractivity contribution in [3.63, 3.8) is 0 Å². The van der Waals surface area contributed by atoms with Gasteiger partial charge in [-0.15, -0.1) is 12.4 Å². The molecule has 2 aromatic rings. The van der Waals surface area contributed by atoms with Crippen molar-refractivity contribution in [2.24, 2.45) is 0 Å². The summed E-state index contributed by atoms with van der Waals surface area (Å²) in [7, 11) is 0. The molecule has 1 aliphatic rings. The Morgan fingerprint density at radius 2 is 1.89 bits per heavy atom. The molecule has 1 aromatic heterocycles. The van der Waals surface area contributed by atoms with Gasteiger partial charge in [-0.1, -0.05) is 0 Å². The van der Waals surface area contributed by atoms with Gasteiger partial charge in [-0.3, -0.25) is 0 Å². The molecule has 19 heavy (non-hydrogen) atoms. The van der Waals surface area contributed by atoms with Crippen molar-refractivity contribution in [3.8, 4) is 11.4 Å². The molecule has 0 unspecified atom stereocenters. The molecule has 4 heteroatoms. The van der Waals surface area contributed by atoms with Crippen molar-refractivity contribution >= 4 is 12.4 Å². The summed E-state index contributed by atoms with van der Waals surface area (Å²) in [6.45, 7) is 1.89. The lowest BCUT2D eigenvalue weighted by molar-refractivity contribution is 0.277. The molecule has 0 amide bonds. The topological polar surface area (TPSA) is 26.2 Å². The van der Waals surface area contributed by atoms with Gasteiger partial charge in [0.05, 0.1) is 0 Å². The molecule has 1 atom stereocenters. The fourth-order valence-electron chi connectivity index (χ4n) is 2.32. The average Bonchev–Trinajstić information content (AvgIpc) is 3.10. The summed E-state index contributed by atoms with van der Waals surface area (Å²) >= 11 is 0. The minimum Gasteiger partial charge on any atom is -0.492 e. The van der Waals surface area contributed by atoms with Crippen LogP contribution in [0.2, 0.25) is 0 Å². The molecule has 1 fully saturated rings. The molecule has 1 aliphatic heterocycles. The van der Waals surface area contributed by atoms with Crippen molar-refractivity contribution in [1.29, 1.82) is 0 Å². The monoisotopic (exact) mass is 278 g/mol. The largest absolute Gasteiger partial charge is 0.492 e. The first kappa shape index (κ1) is 14.0. The van der Waals surface area contributed by atoms with Gasteiger partial charge < -0.3 is 14.6 Å². The maximum atomic E-state index is 5.79. The maximum absolute atomic E-state index is 5.79. The van der Waals surface area contributed by atoms with E-state index in [-0.39, 0.29) is 12.4 Å². The predicted molar refractivity (Wildman–Crippen MR) is 79.5 cm³/mol. The Balaban J connectivity index is 0.00000133. The van der Waals surface area contributed by atoms with E-state index in [1.807, 2.05) is 36.7 Å². The molecule has 1 saturated heterocycles. The smallest absolute Gasteiger partial charge is 0.119 e. The second kappa shape index (κ2) is 6.64. The van der Waals surface area contributed by atoms with Crippen molar-refractivity contribution in [2.75, 3.05) is 13.2 Å². The lowest BCUT2D eigenvalue weighted by Gasteiger charge is -2.12. The predicted octanol–water partition coefficient (Wildman–Crippen LogP) is 3.03. The van der Waals surface area contributed by atoms with E-state index in [9.17, 15) is 0 Å². The van der Waals surface area contributed by atoms with Gasteiger partial charge in [-0.25, -0.2) is 0 Å². The van der Waals surface area contributed by atoms with Crippen LogP contribution in [0.15, 0.2) is 48.8 Å². The van der Waals surface area contributed by atoms with Gasteiger partial charge in [-0.2, -0.15) is 0 Å². The van der Waals surface area contributed by atoms with Crippen LogP contribution in [0.1, 0.15) is 12.8 Å². The molecule has 102 valence electrons. The van der Waals surface area contributed by atoms with Gasteiger partial charge >= 0.3 is 0 Å². The Kier molecular flexibility index (Phi) is 4.88. The van der Waals surface area contributed by atoms with E-state index >= 15 is 0 Å². The number of nitrogens with one attached hydrogen (secondary N) is 1. The lowest BCUT2D eigenvalue weighted by atomic mass is 10.2. The third-order valence-electron chi connectivity index (χ3n) is 3.35. The molecule has 3 rings (SSSR count). The van der Waals surface area contributed by atoms with E-state index in [0.29, 0.717) is 6.04 Å². The van der Waals surface area contributed by atoms with Gasteiger partial charge in [0.15, 0.2) is 0 Å². The minimum absolute atomic E-state index is 0. The van der Waals surface area contributed by atoms with Crippen LogP contribution in [-0.2, 0) is 0 Å². The molecule has 2 heterocycles. The zero-order chi connectivity index (χ0) is 12.2. The van der Waals surface area contributed by atoms with Crippen LogP contribution in [0.5, 0.6) is 5.75 Å². The third kappa shape index (κ3) is 3.52. The Hall–Kier alpha value is -1.45. The highest BCUT2D eigenvalue weighted by atomic mass is 35.5. The summed E-state index contributed by atoms with van der Waals surface area (Å²) in [4.78, 5) is 0. The first-order valence-electron chi connectivity index (χ1n) is 6.51. The maximum Gasteiger partial charge on any atom is 0.119 e. The Labute approximate surface area is 120 Å². The quantitative estimate of drug-likeness (QED) is 0.930. The molecular weight excluding hydrogens is 260 g/mol. The fourth-order valence-corrected chi connectivity index (χ4v) is 2.32. The number of nitrogens with zero attached hydrogens (tertiary/aromatic N) is 1. The number of hydrogen-bond donors (Lipinski definition) is 1. The van der Waals surface area contributed by atoms with Crippen LogP contribution in [-0.4, -0.2) is 23.8 Å². The molecule has 0 spiro atoms. The summed E-state index contributed by atoms with van der Waals surface area (Å²) in [5.41, 5.74) is 1.16. The van der Waals surface area contributed by atoms with Crippen LogP contribution >= 0.6 is 12.4 Å². The molecule has 0 bridgehead atoms. The number of hydrogen-bond acceptors (Lipinski definition) is 2. The Morgan fingerprint density at radius 1 is 1.16 bits per heavy atom. The van der Waals surface area contributed by atoms with Crippen LogP contribution in [0.4, 0.5) is 0 Å². The average molecular weight is 279 g/mol. The number of benzene rings is 1. The van der Waals surface area contributed by atoms with Crippen LogP contribution in [0.3, 0.4) is 0 Å². The van der Waals surface area contributed by atoms with E-state index in [0.717, 1.165) is 24.6 Å². The molecule has 1 aromatic carbocycles. The molecule has 1 N–H and O–H groups in total.